The highest BCUT2D eigenvalue weighted by Crippen LogP contribution is 2.29. The fourth-order valence-electron chi connectivity index (χ4n) is 4.83. The molecule has 1 fully saturated rings. The van der Waals surface area contributed by atoms with Gasteiger partial charge in [0.1, 0.15) is 6.33 Å². The first-order chi connectivity index (χ1) is 17.5. The molecular weight excluding hydrogens is 474 g/mol. The first-order valence-corrected chi connectivity index (χ1v) is 13.7. The Hall–Kier alpha value is -3.56. The number of aromatic nitrogens is 2. The lowest BCUT2D eigenvalue weighted by Crippen LogP contribution is -2.54. The predicted molar refractivity (Wildman–Crippen MR) is 141 cm³/mol. The topological polar surface area (TPSA) is 95.5 Å². The second kappa shape index (κ2) is 10.2. The number of nitrogens with one attached hydrogen (secondary N) is 1. The molecule has 2 heterocycles. The van der Waals surface area contributed by atoms with E-state index in [4.69, 9.17) is 0 Å². The van der Waals surface area contributed by atoms with Gasteiger partial charge in [-0.2, -0.15) is 0 Å². The predicted octanol–water partition coefficient (Wildman–Crippen LogP) is 4.27. The molecule has 36 heavy (non-hydrogen) atoms. The zero-order valence-corrected chi connectivity index (χ0v) is 21.0. The number of carbonyl (C=O) groups is 1. The SMILES string of the molecule is CCCC(=O)N1CCC(N(NS(=O)(=O)c2cccc3ccccc23)c2ncnc3ccccc23)CC1. The van der Waals surface area contributed by atoms with Crippen LogP contribution in [0.25, 0.3) is 21.7 Å². The second-order valence-corrected chi connectivity index (χ2v) is 10.6. The van der Waals surface area contributed by atoms with E-state index in [-0.39, 0.29) is 16.8 Å². The van der Waals surface area contributed by atoms with E-state index in [1.165, 1.54) is 6.33 Å². The van der Waals surface area contributed by atoms with Gasteiger partial charge in [-0.15, -0.1) is 4.83 Å². The normalized spacial score (nSPS) is 14.9. The summed E-state index contributed by atoms with van der Waals surface area (Å²) in [6.45, 7) is 3.13. The van der Waals surface area contributed by atoms with Gasteiger partial charge in [0, 0.05) is 30.3 Å². The van der Waals surface area contributed by atoms with Crippen LogP contribution in [0.3, 0.4) is 0 Å². The lowest BCUT2D eigenvalue weighted by atomic mass is 10.0. The number of likely N-dealkylation sites (tertiary alicyclic amines) is 1. The van der Waals surface area contributed by atoms with Crippen molar-refractivity contribution in [1.82, 2.24) is 19.7 Å². The van der Waals surface area contributed by atoms with Crippen LogP contribution in [0.4, 0.5) is 5.82 Å². The van der Waals surface area contributed by atoms with Crippen molar-refractivity contribution in [3.63, 3.8) is 0 Å². The molecule has 1 aromatic heterocycles. The Labute approximate surface area is 211 Å². The zero-order valence-electron chi connectivity index (χ0n) is 20.2. The number of nitrogens with zero attached hydrogens (tertiary/aromatic N) is 4. The van der Waals surface area contributed by atoms with Crippen molar-refractivity contribution < 1.29 is 13.2 Å². The minimum absolute atomic E-state index is 0.145. The Bertz CT molecular complexity index is 1490. The van der Waals surface area contributed by atoms with Crippen LogP contribution in [0.15, 0.2) is 78.0 Å². The molecule has 9 heteroatoms. The summed E-state index contributed by atoms with van der Waals surface area (Å²) in [5.74, 6) is 0.647. The Morgan fingerprint density at radius 3 is 2.44 bits per heavy atom. The highest BCUT2D eigenvalue weighted by atomic mass is 32.2. The molecule has 0 spiro atoms. The Morgan fingerprint density at radius 2 is 1.67 bits per heavy atom. The number of hydrogen-bond donors (Lipinski definition) is 1. The highest BCUT2D eigenvalue weighted by molar-refractivity contribution is 7.89. The first-order valence-electron chi connectivity index (χ1n) is 12.2. The molecule has 1 amide bonds. The summed E-state index contributed by atoms with van der Waals surface area (Å²) in [5, 5.41) is 3.93. The fraction of sp³-hybridized carbons (Fsp3) is 0.296. The Balaban J connectivity index is 1.53. The van der Waals surface area contributed by atoms with E-state index in [9.17, 15) is 13.2 Å². The summed E-state index contributed by atoms with van der Waals surface area (Å²) in [7, 11) is -3.96. The Kier molecular flexibility index (Phi) is 6.84. The van der Waals surface area contributed by atoms with Crippen molar-refractivity contribution >= 4 is 43.4 Å². The van der Waals surface area contributed by atoms with Crippen LogP contribution in [0.2, 0.25) is 0 Å². The van der Waals surface area contributed by atoms with Gasteiger partial charge in [0.25, 0.3) is 10.0 Å². The van der Waals surface area contributed by atoms with Crippen LogP contribution >= 0.6 is 0 Å². The van der Waals surface area contributed by atoms with Crippen molar-refractivity contribution in [3.8, 4) is 0 Å². The summed E-state index contributed by atoms with van der Waals surface area (Å²) < 4.78 is 27.6. The third-order valence-corrected chi connectivity index (χ3v) is 8.03. The molecule has 0 aliphatic carbocycles. The molecule has 186 valence electrons. The van der Waals surface area contributed by atoms with Crippen LogP contribution in [-0.2, 0) is 14.8 Å². The molecular formula is C27H29N5O3S. The number of carbonyl (C=O) groups excluding carboxylic acids is 1. The van der Waals surface area contributed by atoms with Crippen molar-refractivity contribution in [2.24, 2.45) is 0 Å². The summed E-state index contributed by atoms with van der Waals surface area (Å²) in [6.07, 6.45) is 4.02. The van der Waals surface area contributed by atoms with Crippen LogP contribution < -0.4 is 9.84 Å². The minimum Gasteiger partial charge on any atom is -0.343 e. The average Bonchev–Trinajstić information content (AvgIpc) is 2.91. The maximum atomic E-state index is 13.8. The standard InChI is InChI=1S/C27H29N5O3S/c1-2-8-26(33)31-17-15-21(16-18-31)32(27-23-12-5-6-13-24(23)28-19-29-27)30-36(34,35)25-14-7-10-20-9-3-4-11-22(20)25/h3-7,9-14,19,21,30H,2,8,15-18H2,1H3. The number of para-hydroxylation sites is 1. The van der Waals surface area contributed by atoms with Crippen LogP contribution in [-0.4, -0.2) is 48.3 Å². The maximum absolute atomic E-state index is 13.8. The lowest BCUT2D eigenvalue weighted by molar-refractivity contribution is -0.132. The van der Waals surface area contributed by atoms with Gasteiger partial charge < -0.3 is 4.90 Å². The number of hydrogen-bond acceptors (Lipinski definition) is 6. The second-order valence-electron chi connectivity index (χ2n) is 9.02. The third kappa shape index (κ3) is 4.76. The third-order valence-electron chi connectivity index (χ3n) is 6.65. The van der Waals surface area contributed by atoms with E-state index in [2.05, 4.69) is 14.8 Å². The molecule has 4 aromatic rings. The quantitative estimate of drug-likeness (QED) is 0.379. The van der Waals surface area contributed by atoms with E-state index < -0.39 is 10.0 Å². The summed E-state index contributed by atoms with van der Waals surface area (Å²) in [5.41, 5.74) is 0.729. The molecule has 0 atom stereocenters. The number of fused-ring (bicyclic) bond motifs is 2. The molecule has 0 bridgehead atoms. The molecule has 3 aromatic carbocycles. The molecule has 0 unspecified atom stereocenters. The van der Waals surface area contributed by atoms with Crippen LogP contribution in [0, 0.1) is 0 Å². The fourth-order valence-corrected chi connectivity index (χ4v) is 6.15. The van der Waals surface area contributed by atoms with E-state index in [1.54, 1.807) is 17.1 Å². The monoisotopic (exact) mass is 503 g/mol. The molecule has 1 aliphatic rings. The van der Waals surface area contributed by atoms with Gasteiger partial charge >= 0.3 is 0 Å². The van der Waals surface area contributed by atoms with Crippen molar-refractivity contribution in [2.75, 3.05) is 18.1 Å². The molecule has 0 radical (unpaired) electrons. The van der Waals surface area contributed by atoms with Crippen LogP contribution in [0.1, 0.15) is 32.6 Å². The largest absolute Gasteiger partial charge is 0.343 e. The number of hydrazine groups is 1. The molecule has 0 saturated carbocycles. The van der Waals surface area contributed by atoms with E-state index in [0.717, 1.165) is 22.7 Å². The lowest BCUT2D eigenvalue weighted by Gasteiger charge is -2.39. The molecule has 1 saturated heterocycles. The van der Waals surface area contributed by atoms with Crippen molar-refractivity contribution in [3.05, 3.63) is 73.1 Å². The first kappa shape index (κ1) is 24.1. The Morgan fingerprint density at radius 1 is 0.972 bits per heavy atom. The van der Waals surface area contributed by atoms with E-state index in [0.29, 0.717) is 43.6 Å². The molecule has 1 N–H and O–H groups in total. The number of anilines is 1. The molecule has 1 aliphatic heterocycles. The van der Waals surface area contributed by atoms with Gasteiger partial charge in [0.15, 0.2) is 5.82 Å². The van der Waals surface area contributed by atoms with E-state index >= 15 is 0 Å². The number of rotatable bonds is 7. The van der Waals surface area contributed by atoms with Gasteiger partial charge in [0.2, 0.25) is 5.91 Å². The van der Waals surface area contributed by atoms with Crippen molar-refractivity contribution in [2.45, 2.75) is 43.5 Å². The summed E-state index contributed by atoms with van der Waals surface area (Å²) in [4.78, 5) is 26.2. The van der Waals surface area contributed by atoms with Gasteiger partial charge in [-0.1, -0.05) is 55.5 Å². The van der Waals surface area contributed by atoms with Gasteiger partial charge in [-0.25, -0.2) is 18.4 Å². The number of sulfonamides is 1. The van der Waals surface area contributed by atoms with Gasteiger partial charge in [-0.05, 0) is 42.8 Å². The number of piperidine rings is 1. The van der Waals surface area contributed by atoms with Crippen molar-refractivity contribution in [1.29, 1.82) is 0 Å². The van der Waals surface area contributed by atoms with E-state index in [1.807, 2.05) is 66.4 Å². The van der Waals surface area contributed by atoms with Gasteiger partial charge in [-0.3, -0.25) is 9.80 Å². The maximum Gasteiger partial charge on any atom is 0.258 e. The molecule has 5 rings (SSSR count). The minimum atomic E-state index is -3.96. The summed E-state index contributed by atoms with van der Waals surface area (Å²) >= 11 is 0. The van der Waals surface area contributed by atoms with Gasteiger partial charge in [0.05, 0.1) is 16.5 Å². The smallest absolute Gasteiger partial charge is 0.258 e. The summed E-state index contributed by atoms with van der Waals surface area (Å²) in [6, 6.07) is 20.1. The number of amides is 1. The zero-order chi connectivity index (χ0) is 25.1. The van der Waals surface area contributed by atoms with Crippen LogP contribution in [0.5, 0.6) is 0 Å². The number of benzene rings is 3. The molecule has 8 nitrogen and oxygen atoms in total. The highest BCUT2D eigenvalue weighted by Gasteiger charge is 2.32. The average molecular weight is 504 g/mol.